The van der Waals surface area contributed by atoms with Crippen LogP contribution in [0.3, 0.4) is 0 Å². The molecular formula is C17H23N3O3S. The molecule has 3 N–H and O–H groups in total. The van der Waals surface area contributed by atoms with Crippen molar-refractivity contribution in [2.24, 2.45) is 0 Å². The van der Waals surface area contributed by atoms with Crippen molar-refractivity contribution in [3.8, 4) is 0 Å². The Morgan fingerprint density at radius 2 is 2.04 bits per heavy atom. The van der Waals surface area contributed by atoms with Crippen molar-refractivity contribution < 1.29 is 13.5 Å². The lowest BCUT2D eigenvalue weighted by molar-refractivity contribution is 0.0488. The first-order valence-electron chi connectivity index (χ1n) is 7.87. The molecule has 2 unspecified atom stereocenters. The number of aliphatic hydroxyl groups is 1. The quantitative estimate of drug-likeness (QED) is 0.736. The van der Waals surface area contributed by atoms with Crippen LogP contribution in [0.25, 0.3) is 0 Å². The highest BCUT2D eigenvalue weighted by atomic mass is 32.2. The third-order valence-corrected chi connectivity index (χ3v) is 5.75. The van der Waals surface area contributed by atoms with Gasteiger partial charge in [-0.25, -0.2) is 8.42 Å². The summed E-state index contributed by atoms with van der Waals surface area (Å²) in [6.45, 7) is 3.83. The van der Waals surface area contributed by atoms with E-state index >= 15 is 0 Å². The third kappa shape index (κ3) is 3.25. The lowest BCUT2D eigenvalue weighted by Gasteiger charge is -2.38. The minimum Gasteiger partial charge on any atom is -0.370 e. The van der Waals surface area contributed by atoms with E-state index in [1.807, 2.05) is 42.3 Å². The minimum atomic E-state index is -3.21. The van der Waals surface area contributed by atoms with Gasteiger partial charge in [0.25, 0.3) is 0 Å². The fourth-order valence-electron chi connectivity index (χ4n) is 3.18. The fraction of sp³-hybridized carbons (Fsp3) is 0.412. The van der Waals surface area contributed by atoms with Gasteiger partial charge in [0, 0.05) is 32.2 Å². The molecule has 0 bridgehead atoms. The van der Waals surface area contributed by atoms with Crippen LogP contribution < -0.4 is 10.6 Å². The number of rotatable bonds is 4. The molecule has 6 nitrogen and oxygen atoms in total. The van der Waals surface area contributed by atoms with Crippen LogP contribution in [-0.4, -0.2) is 50.7 Å². The zero-order valence-electron chi connectivity index (χ0n) is 13.9. The Labute approximate surface area is 142 Å². The zero-order chi connectivity index (χ0) is 17.4. The van der Waals surface area contributed by atoms with Crippen LogP contribution in [0.15, 0.2) is 53.1 Å². The van der Waals surface area contributed by atoms with Crippen molar-refractivity contribution in [1.82, 2.24) is 15.5 Å². The molecule has 1 saturated heterocycles. The second kappa shape index (κ2) is 6.33. The van der Waals surface area contributed by atoms with E-state index in [9.17, 15) is 13.5 Å². The van der Waals surface area contributed by atoms with Crippen molar-refractivity contribution >= 4 is 9.84 Å². The first kappa shape index (κ1) is 17.2. The van der Waals surface area contributed by atoms with Gasteiger partial charge in [0.2, 0.25) is 0 Å². The third-order valence-electron chi connectivity index (χ3n) is 4.62. The molecule has 2 aliphatic heterocycles. The van der Waals surface area contributed by atoms with Crippen LogP contribution in [0, 0.1) is 0 Å². The largest absolute Gasteiger partial charge is 0.370 e. The molecule has 1 fully saturated rings. The Balaban J connectivity index is 1.89. The van der Waals surface area contributed by atoms with Gasteiger partial charge in [0.1, 0.15) is 6.23 Å². The summed E-state index contributed by atoms with van der Waals surface area (Å²) in [6.07, 6.45) is 6.26. The van der Waals surface area contributed by atoms with Gasteiger partial charge in [-0.2, -0.15) is 0 Å². The molecular weight excluding hydrogens is 326 g/mol. The van der Waals surface area contributed by atoms with Gasteiger partial charge < -0.3 is 15.3 Å². The van der Waals surface area contributed by atoms with E-state index in [-0.39, 0.29) is 5.54 Å². The van der Waals surface area contributed by atoms with Crippen molar-refractivity contribution in [1.29, 1.82) is 0 Å². The Hall–Kier alpha value is -1.67. The van der Waals surface area contributed by atoms with Crippen LogP contribution in [0.1, 0.15) is 12.5 Å². The normalized spacial score (nSPS) is 27.4. The SMILES string of the molecule is CC1=CC=CN(CC2(c3ccc(S(C)(=O)=O)cc3)CNCN2)C1O. The summed E-state index contributed by atoms with van der Waals surface area (Å²) in [5, 5.41) is 17.1. The minimum absolute atomic E-state index is 0.309. The van der Waals surface area contributed by atoms with Crippen LogP contribution in [0.2, 0.25) is 0 Å². The molecule has 0 saturated carbocycles. The molecule has 3 rings (SSSR count). The van der Waals surface area contributed by atoms with Crippen molar-refractivity contribution in [3.63, 3.8) is 0 Å². The topological polar surface area (TPSA) is 81.7 Å². The monoisotopic (exact) mass is 349 g/mol. The Kier molecular flexibility index (Phi) is 4.52. The molecule has 0 spiro atoms. The molecule has 2 atom stereocenters. The average Bonchev–Trinajstić information content (AvgIpc) is 3.01. The molecule has 7 heteroatoms. The second-order valence-electron chi connectivity index (χ2n) is 6.46. The maximum Gasteiger partial charge on any atom is 0.175 e. The Morgan fingerprint density at radius 1 is 1.33 bits per heavy atom. The van der Waals surface area contributed by atoms with E-state index in [1.54, 1.807) is 12.1 Å². The maximum absolute atomic E-state index is 11.7. The highest BCUT2D eigenvalue weighted by molar-refractivity contribution is 7.90. The molecule has 0 aliphatic carbocycles. The van der Waals surface area contributed by atoms with Gasteiger partial charge in [-0.05, 0) is 36.3 Å². The van der Waals surface area contributed by atoms with Crippen LogP contribution in [-0.2, 0) is 15.4 Å². The summed E-state index contributed by atoms with van der Waals surface area (Å²) in [4.78, 5) is 2.20. The van der Waals surface area contributed by atoms with Gasteiger partial charge in [-0.15, -0.1) is 0 Å². The number of allylic oxidation sites excluding steroid dienone is 2. The van der Waals surface area contributed by atoms with Crippen LogP contribution in [0.4, 0.5) is 0 Å². The molecule has 2 aliphatic rings. The van der Waals surface area contributed by atoms with E-state index in [2.05, 4.69) is 10.6 Å². The van der Waals surface area contributed by atoms with Gasteiger partial charge in [0.15, 0.2) is 9.84 Å². The molecule has 2 heterocycles. The first-order chi connectivity index (χ1) is 11.3. The van der Waals surface area contributed by atoms with E-state index in [0.29, 0.717) is 24.7 Å². The predicted molar refractivity (Wildman–Crippen MR) is 92.8 cm³/mol. The molecule has 1 aromatic rings. The number of aliphatic hydroxyl groups excluding tert-OH is 1. The molecule has 1 aromatic carbocycles. The summed E-state index contributed by atoms with van der Waals surface area (Å²) in [7, 11) is -3.21. The lowest BCUT2D eigenvalue weighted by atomic mass is 9.89. The smallest absolute Gasteiger partial charge is 0.175 e. The number of nitrogens with zero attached hydrogens (tertiary/aromatic N) is 1. The molecule has 24 heavy (non-hydrogen) atoms. The average molecular weight is 349 g/mol. The maximum atomic E-state index is 11.7. The standard InChI is InChI=1S/C17H23N3O3S/c1-13-4-3-9-20(16(13)21)11-17(10-18-12-19-17)14-5-7-15(8-6-14)24(2,22)23/h3-9,16,18-19,21H,10-12H2,1-2H3. The Bertz CT molecular complexity index is 763. The lowest BCUT2D eigenvalue weighted by Crippen LogP contribution is -2.51. The number of benzene rings is 1. The van der Waals surface area contributed by atoms with E-state index in [4.69, 9.17) is 0 Å². The number of hydrogen-bond donors (Lipinski definition) is 3. The van der Waals surface area contributed by atoms with Crippen LogP contribution >= 0.6 is 0 Å². The number of nitrogens with one attached hydrogen (secondary N) is 2. The number of sulfone groups is 1. The summed E-state index contributed by atoms with van der Waals surface area (Å²) in [5.41, 5.74) is 1.50. The highest BCUT2D eigenvalue weighted by Gasteiger charge is 2.38. The second-order valence-corrected chi connectivity index (χ2v) is 8.47. The van der Waals surface area contributed by atoms with Gasteiger partial charge in [-0.1, -0.05) is 18.2 Å². The van der Waals surface area contributed by atoms with E-state index in [1.165, 1.54) is 6.26 Å². The zero-order valence-corrected chi connectivity index (χ0v) is 14.7. The van der Waals surface area contributed by atoms with Crippen molar-refractivity contribution in [2.45, 2.75) is 23.6 Å². The summed E-state index contributed by atoms with van der Waals surface area (Å²) in [6, 6.07) is 6.97. The molecule has 0 amide bonds. The van der Waals surface area contributed by atoms with Gasteiger partial charge >= 0.3 is 0 Å². The number of hydrogen-bond acceptors (Lipinski definition) is 6. The molecule has 130 valence electrons. The van der Waals surface area contributed by atoms with Gasteiger partial charge in [-0.3, -0.25) is 5.32 Å². The van der Waals surface area contributed by atoms with E-state index in [0.717, 1.165) is 11.1 Å². The first-order valence-corrected chi connectivity index (χ1v) is 9.76. The summed E-state index contributed by atoms with van der Waals surface area (Å²) < 4.78 is 23.3. The van der Waals surface area contributed by atoms with Gasteiger partial charge in [0.05, 0.1) is 10.4 Å². The molecule has 0 radical (unpaired) electrons. The van der Waals surface area contributed by atoms with Crippen LogP contribution in [0.5, 0.6) is 0 Å². The summed E-state index contributed by atoms with van der Waals surface area (Å²) >= 11 is 0. The fourth-order valence-corrected chi connectivity index (χ4v) is 3.81. The molecule has 0 aromatic heterocycles. The predicted octanol–water partition coefficient (Wildman–Crippen LogP) is 0.530. The highest BCUT2D eigenvalue weighted by Crippen LogP contribution is 2.28. The summed E-state index contributed by atoms with van der Waals surface area (Å²) in [5.74, 6) is 0. The van der Waals surface area contributed by atoms with E-state index < -0.39 is 16.1 Å². The van der Waals surface area contributed by atoms with Crippen molar-refractivity contribution in [3.05, 3.63) is 53.8 Å². The van der Waals surface area contributed by atoms with Crippen molar-refractivity contribution in [2.75, 3.05) is 26.0 Å². The Morgan fingerprint density at radius 3 is 2.62 bits per heavy atom.